The molecule has 1 heterocycles. The van der Waals surface area contributed by atoms with Gasteiger partial charge in [-0.15, -0.1) is 23.2 Å². The molecular formula is C30H34Cl2N2O3. The summed E-state index contributed by atoms with van der Waals surface area (Å²) in [6.07, 6.45) is 2.77. The molecule has 0 saturated heterocycles. The lowest BCUT2D eigenvalue weighted by Gasteiger charge is -2.23. The van der Waals surface area contributed by atoms with Crippen LogP contribution < -0.4 is 19.7 Å². The minimum absolute atomic E-state index is 0.0541. The molecule has 37 heavy (non-hydrogen) atoms. The fraction of sp³-hybridized carbons (Fsp3) is 0.367. The van der Waals surface area contributed by atoms with Crippen LogP contribution in [-0.4, -0.2) is 44.0 Å². The van der Waals surface area contributed by atoms with E-state index in [1.165, 1.54) is 5.56 Å². The van der Waals surface area contributed by atoms with Crippen LogP contribution in [0.3, 0.4) is 0 Å². The number of rotatable bonds is 13. The Morgan fingerprint density at radius 1 is 0.865 bits per heavy atom. The second-order valence-corrected chi connectivity index (χ2v) is 9.85. The van der Waals surface area contributed by atoms with E-state index in [1.807, 2.05) is 36.4 Å². The van der Waals surface area contributed by atoms with Crippen LogP contribution in [-0.2, 0) is 17.6 Å². The van der Waals surface area contributed by atoms with Crippen molar-refractivity contribution in [2.24, 2.45) is 0 Å². The van der Waals surface area contributed by atoms with Crippen LogP contribution in [0.4, 0.5) is 5.69 Å². The maximum absolute atomic E-state index is 12.9. The first-order chi connectivity index (χ1) is 18.2. The van der Waals surface area contributed by atoms with Crippen LogP contribution in [0.1, 0.15) is 35.6 Å². The number of ether oxygens (including phenoxy) is 2. The number of anilines is 1. The molecule has 7 heteroatoms. The van der Waals surface area contributed by atoms with Crippen LogP contribution in [0.15, 0.2) is 72.8 Å². The molecule has 5 nitrogen and oxygen atoms in total. The number of halogens is 2. The number of fused-ring (bicyclic) bond motifs is 1. The highest BCUT2D eigenvalue weighted by Gasteiger charge is 2.18. The molecule has 196 valence electrons. The van der Waals surface area contributed by atoms with Gasteiger partial charge in [0, 0.05) is 37.0 Å². The van der Waals surface area contributed by atoms with Gasteiger partial charge in [-0.05, 0) is 60.2 Å². The number of hydrogen-bond acceptors (Lipinski definition) is 4. The van der Waals surface area contributed by atoms with E-state index in [0.717, 1.165) is 54.2 Å². The summed E-state index contributed by atoms with van der Waals surface area (Å²) in [6, 6.07) is 24.5. The van der Waals surface area contributed by atoms with E-state index in [1.54, 1.807) is 0 Å². The van der Waals surface area contributed by atoms with Crippen molar-refractivity contribution in [1.29, 1.82) is 0 Å². The summed E-state index contributed by atoms with van der Waals surface area (Å²) in [5.74, 6) is 2.72. The fourth-order valence-corrected chi connectivity index (χ4v) is 4.96. The summed E-state index contributed by atoms with van der Waals surface area (Å²) in [5.41, 5.74) is 4.51. The molecule has 4 rings (SSSR count). The van der Waals surface area contributed by atoms with Crippen molar-refractivity contribution in [2.75, 3.05) is 43.0 Å². The molecule has 0 radical (unpaired) electrons. The molecule has 1 aliphatic heterocycles. The van der Waals surface area contributed by atoms with Crippen molar-refractivity contribution < 1.29 is 14.3 Å². The molecule has 0 saturated carbocycles. The third kappa shape index (κ3) is 8.05. The van der Waals surface area contributed by atoms with Crippen LogP contribution in [0, 0.1) is 0 Å². The zero-order chi connectivity index (χ0) is 25.9. The van der Waals surface area contributed by atoms with E-state index in [4.69, 9.17) is 32.7 Å². The van der Waals surface area contributed by atoms with Gasteiger partial charge < -0.3 is 19.7 Å². The van der Waals surface area contributed by atoms with E-state index in [-0.39, 0.29) is 11.9 Å². The lowest BCUT2D eigenvalue weighted by Crippen LogP contribution is -2.30. The average Bonchev–Trinajstić information content (AvgIpc) is 2.93. The number of carbonyl (C=O) groups is 1. The summed E-state index contributed by atoms with van der Waals surface area (Å²) < 4.78 is 11.4. The summed E-state index contributed by atoms with van der Waals surface area (Å²) >= 11 is 11.9. The number of carbonyl (C=O) groups excluding carboxylic acids is 1. The molecule has 1 atom stereocenters. The third-order valence-corrected chi connectivity index (χ3v) is 6.80. The largest absolute Gasteiger partial charge is 0.486 e. The van der Waals surface area contributed by atoms with Gasteiger partial charge >= 0.3 is 0 Å². The molecule has 1 amide bonds. The average molecular weight is 542 g/mol. The fourth-order valence-electron chi connectivity index (χ4n) is 4.56. The Labute approximate surface area is 229 Å². The number of amides is 1. The highest BCUT2D eigenvalue weighted by atomic mass is 35.5. The summed E-state index contributed by atoms with van der Waals surface area (Å²) in [4.78, 5) is 15.1. The van der Waals surface area contributed by atoms with E-state index < -0.39 is 0 Å². The molecule has 1 N–H and O–H groups in total. The monoisotopic (exact) mass is 540 g/mol. The van der Waals surface area contributed by atoms with E-state index in [2.05, 4.69) is 46.6 Å². The molecular weight excluding hydrogens is 507 g/mol. The summed E-state index contributed by atoms with van der Waals surface area (Å²) in [6.45, 7) is 2.65. The maximum atomic E-state index is 12.9. The zero-order valence-electron chi connectivity index (χ0n) is 21.0. The predicted molar refractivity (Wildman–Crippen MR) is 151 cm³/mol. The first-order valence-corrected chi connectivity index (χ1v) is 13.9. The minimum Gasteiger partial charge on any atom is -0.486 e. The number of benzene rings is 3. The topological polar surface area (TPSA) is 50.8 Å². The van der Waals surface area contributed by atoms with E-state index >= 15 is 0 Å². The van der Waals surface area contributed by atoms with Gasteiger partial charge in [-0.3, -0.25) is 4.79 Å². The second kappa shape index (κ2) is 14.2. The number of alkyl halides is 2. The quantitative estimate of drug-likeness (QED) is 0.263. The lowest BCUT2D eigenvalue weighted by molar-refractivity contribution is -0.121. The molecule has 1 unspecified atom stereocenters. The zero-order valence-corrected chi connectivity index (χ0v) is 22.5. The highest BCUT2D eigenvalue weighted by molar-refractivity contribution is 6.18. The van der Waals surface area contributed by atoms with Crippen LogP contribution >= 0.6 is 23.2 Å². The summed E-state index contributed by atoms with van der Waals surface area (Å²) in [7, 11) is 0. The predicted octanol–water partition coefficient (Wildman–Crippen LogP) is 6.16. The SMILES string of the molecule is O=C(CCCc1ccc(N(CCCl)CCCl)cc1)NC(Cc1ccc2c(c1)OCCO2)c1ccccc1. The smallest absolute Gasteiger partial charge is 0.220 e. The van der Waals surface area contributed by atoms with Gasteiger partial charge in [-0.25, -0.2) is 0 Å². The molecule has 0 fully saturated rings. The van der Waals surface area contributed by atoms with Crippen molar-refractivity contribution in [2.45, 2.75) is 31.7 Å². The first-order valence-electron chi connectivity index (χ1n) is 12.8. The molecule has 0 bridgehead atoms. The van der Waals surface area contributed by atoms with Crippen LogP contribution in [0.2, 0.25) is 0 Å². The van der Waals surface area contributed by atoms with Crippen molar-refractivity contribution in [3.8, 4) is 11.5 Å². The molecule has 0 aliphatic carbocycles. The van der Waals surface area contributed by atoms with Crippen molar-refractivity contribution in [1.82, 2.24) is 5.32 Å². The maximum Gasteiger partial charge on any atom is 0.220 e. The lowest BCUT2D eigenvalue weighted by atomic mass is 9.98. The van der Waals surface area contributed by atoms with Crippen molar-refractivity contribution in [3.05, 3.63) is 89.5 Å². The minimum atomic E-state index is -0.120. The Morgan fingerprint density at radius 3 is 2.24 bits per heavy atom. The summed E-state index contributed by atoms with van der Waals surface area (Å²) in [5, 5.41) is 3.26. The third-order valence-electron chi connectivity index (χ3n) is 6.46. The van der Waals surface area contributed by atoms with Gasteiger partial charge in [0.1, 0.15) is 13.2 Å². The number of aryl methyl sites for hydroxylation is 1. The molecule has 0 aromatic heterocycles. The normalized spacial score (nSPS) is 13.1. The number of nitrogens with one attached hydrogen (secondary N) is 1. The van der Waals surface area contributed by atoms with Gasteiger partial charge in [-0.2, -0.15) is 0 Å². The van der Waals surface area contributed by atoms with Gasteiger partial charge in [0.05, 0.1) is 6.04 Å². The molecule has 3 aromatic rings. The van der Waals surface area contributed by atoms with Crippen molar-refractivity contribution in [3.63, 3.8) is 0 Å². The Morgan fingerprint density at radius 2 is 1.54 bits per heavy atom. The van der Waals surface area contributed by atoms with E-state index in [0.29, 0.717) is 37.8 Å². The highest BCUT2D eigenvalue weighted by Crippen LogP contribution is 2.32. The Kier molecular flexibility index (Phi) is 10.4. The van der Waals surface area contributed by atoms with Gasteiger partial charge in [0.2, 0.25) is 5.91 Å². The number of hydrogen-bond donors (Lipinski definition) is 1. The Bertz CT molecular complexity index is 1120. The number of nitrogens with zero attached hydrogens (tertiary/aromatic N) is 1. The molecule has 0 spiro atoms. The molecule has 3 aromatic carbocycles. The van der Waals surface area contributed by atoms with Gasteiger partial charge in [-0.1, -0.05) is 48.5 Å². The van der Waals surface area contributed by atoms with Gasteiger partial charge in [0.25, 0.3) is 0 Å². The van der Waals surface area contributed by atoms with Crippen LogP contribution in [0.5, 0.6) is 11.5 Å². The Balaban J connectivity index is 1.33. The van der Waals surface area contributed by atoms with Gasteiger partial charge in [0.15, 0.2) is 11.5 Å². The van der Waals surface area contributed by atoms with Crippen LogP contribution in [0.25, 0.3) is 0 Å². The Hall–Kier alpha value is -2.89. The van der Waals surface area contributed by atoms with E-state index in [9.17, 15) is 4.79 Å². The molecule has 1 aliphatic rings. The van der Waals surface area contributed by atoms with Crippen molar-refractivity contribution >= 4 is 34.8 Å². The standard InChI is InChI=1S/C30H34Cl2N2O3/c31-15-17-34(18-16-32)26-12-9-23(10-13-26)5-4-8-30(35)33-27(25-6-2-1-3-7-25)21-24-11-14-28-29(22-24)37-20-19-36-28/h1-3,6-7,9-14,22,27H,4-5,8,15-21H2,(H,33,35). The first kappa shape index (κ1) is 27.2. The second-order valence-electron chi connectivity index (χ2n) is 9.10.